The average molecular weight is 251 g/mol. The molecule has 3 N–H and O–H groups in total. The van der Waals surface area contributed by atoms with Crippen molar-refractivity contribution >= 4 is 11.6 Å². The normalized spacial score (nSPS) is 10.3. The summed E-state index contributed by atoms with van der Waals surface area (Å²) in [6, 6.07) is 3.02. The molecule has 1 amide bonds. The molecule has 0 bridgehead atoms. The van der Waals surface area contributed by atoms with Gasteiger partial charge in [0.25, 0.3) is 0 Å². The molecule has 94 valence electrons. The predicted molar refractivity (Wildman–Crippen MR) is 58.3 cm³/mol. The molecule has 2 rings (SSSR count). The topological polar surface area (TPSA) is 129 Å². The maximum Gasteiger partial charge on any atom is 0.307 e. The lowest BCUT2D eigenvalue weighted by Gasteiger charge is -1.97. The first kappa shape index (κ1) is 11.8. The van der Waals surface area contributed by atoms with E-state index in [1.807, 2.05) is 5.43 Å². The van der Waals surface area contributed by atoms with Gasteiger partial charge in [-0.15, -0.1) is 0 Å². The fourth-order valence-electron chi connectivity index (χ4n) is 1.35. The standard InChI is InChI=1S/C9H9N5O4/c10-12-9(15)8-2-1-7(18-8)5-13-4-6(3-11-13)14(16)17/h1-4H,5,10H2,(H,12,15). The molecule has 0 saturated carbocycles. The van der Waals surface area contributed by atoms with Crippen molar-refractivity contribution in [3.05, 3.63) is 46.2 Å². The number of carbonyl (C=O) groups is 1. The lowest BCUT2D eigenvalue weighted by atomic mass is 10.4. The van der Waals surface area contributed by atoms with Crippen molar-refractivity contribution < 1.29 is 14.1 Å². The Labute approximate surface area is 100 Å². The van der Waals surface area contributed by atoms with E-state index in [2.05, 4.69) is 5.10 Å². The van der Waals surface area contributed by atoms with E-state index in [9.17, 15) is 14.9 Å². The van der Waals surface area contributed by atoms with E-state index in [1.165, 1.54) is 16.9 Å². The van der Waals surface area contributed by atoms with Crippen LogP contribution in [-0.2, 0) is 6.54 Å². The van der Waals surface area contributed by atoms with Crippen LogP contribution in [0, 0.1) is 10.1 Å². The highest BCUT2D eigenvalue weighted by molar-refractivity contribution is 5.90. The number of nitro groups is 1. The molecule has 2 aromatic heterocycles. The third-order valence-corrected chi connectivity index (χ3v) is 2.16. The van der Waals surface area contributed by atoms with Crippen LogP contribution in [0.4, 0.5) is 5.69 Å². The van der Waals surface area contributed by atoms with Crippen molar-refractivity contribution in [2.75, 3.05) is 0 Å². The fraction of sp³-hybridized carbons (Fsp3) is 0.111. The number of hydrazine groups is 1. The summed E-state index contributed by atoms with van der Waals surface area (Å²) >= 11 is 0. The molecule has 0 aliphatic carbocycles. The van der Waals surface area contributed by atoms with Crippen LogP contribution in [0.2, 0.25) is 0 Å². The number of furan rings is 1. The number of amides is 1. The monoisotopic (exact) mass is 251 g/mol. The summed E-state index contributed by atoms with van der Waals surface area (Å²) in [7, 11) is 0. The summed E-state index contributed by atoms with van der Waals surface area (Å²) in [5.74, 6) is 4.90. The Balaban J connectivity index is 2.11. The number of nitrogens with zero attached hydrogens (tertiary/aromatic N) is 3. The number of aromatic nitrogens is 2. The smallest absolute Gasteiger partial charge is 0.307 e. The lowest BCUT2D eigenvalue weighted by molar-refractivity contribution is -0.385. The highest BCUT2D eigenvalue weighted by Gasteiger charge is 2.12. The van der Waals surface area contributed by atoms with Crippen LogP contribution in [0.15, 0.2) is 28.9 Å². The van der Waals surface area contributed by atoms with Crippen molar-refractivity contribution in [2.45, 2.75) is 6.54 Å². The maximum atomic E-state index is 11.1. The van der Waals surface area contributed by atoms with Gasteiger partial charge in [-0.3, -0.25) is 25.0 Å². The van der Waals surface area contributed by atoms with Gasteiger partial charge in [-0.2, -0.15) is 5.10 Å². The Morgan fingerprint density at radius 3 is 3.00 bits per heavy atom. The summed E-state index contributed by atoms with van der Waals surface area (Å²) < 4.78 is 6.52. The quantitative estimate of drug-likeness (QED) is 0.341. The molecule has 0 aliphatic rings. The molecule has 0 saturated heterocycles. The molecule has 0 radical (unpaired) electrons. The van der Waals surface area contributed by atoms with Crippen LogP contribution in [0.3, 0.4) is 0 Å². The number of rotatable bonds is 4. The third-order valence-electron chi connectivity index (χ3n) is 2.16. The second kappa shape index (κ2) is 4.67. The van der Waals surface area contributed by atoms with Gasteiger partial charge in [-0.25, -0.2) is 5.84 Å². The zero-order valence-corrected chi connectivity index (χ0v) is 9.07. The highest BCUT2D eigenvalue weighted by atomic mass is 16.6. The number of hydrogen-bond acceptors (Lipinski definition) is 6. The van der Waals surface area contributed by atoms with Crippen LogP contribution >= 0.6 is 0 Å². The number of nitrogen functional groups attached to an aromatic ring is 1. The van der Waals surface area contributed by atoms with E-state index in [-0.39, 0.29) is 18.0 Å². The number of nitrogens with one attached hydrogen (secondary N) is 1. The van der Waals surface area contributed by atoms with Crippen LogP contribution in [-0.4, -0.2) is 20.6 Å². The summed E-state index contributed by atoms with van der Waals surface area (Å²) in [5, 5.41) is 14.3. The van der Waals surface area contributed by atoms with E-state index in [0.717, 1.165) is 6.20 Å². The minimum Gasteiger partial charge on any atom is -0.454 e. The first-order valence-corrected chi connectivity index (χ1v) is 4.86. The Hall–Kier alpha value is -2.68. The van der Waals surface area contributed by atoms with Crippen molar-refractivity contribution in [3.63, 3.8) is 0 Å². The first-order chi connectivity index (χ1) is 8.60. The summed E-state index contributed by atoms with van der Waals surface area (Å²) in [5.41, 5.74) is 1.82. The number of nitrogens with two attached hydrogens (primary N) is 1. The minimum absolute atomic E-state index is 0.0640. The zero-order chi connectivity index (χ0) is 13.1. The van der Waals surface area contributed by atoms with Crippen LogP contribution in [0.1, 0.15) is 16.3 Å². The maximum absolute atomic E-state index is 11.1. The van der Waals surface area contributed by atoms with Crippen LogP contribution < -0.4 is 11.3 Å². The largest absolute Gasteiger partial charge is 0.454 e. The van der Waals surface area contributed by atoms with Gasteiger partial charge < -0.3 is 4.42 Å². The molecule has 2 heterocycles. The van der Waals surface area contributed by atoms with E-state index < -0.39 is 10.8 Å². The van der Waals surface area contributed by atoms with E-state index >= 15 is 0 Å². The molecule has 0 atom stereocenters. The Kier molecular flexibility index (Phi) is 3.06. The van der Waals surface area contributed by atoms with E-state index in [1.54, 1.807) is 6.07 Å². The van der Waals surface area contributed by atoms with Gasteiger partial charge in [-0.05, 0) is 12.1 Å². The molecular weight excluding hydrogens is 242 g/mol. The first-order valence-electron chi connectivity index (χ1n) is 4.86. The van der Waals surface area contributed by atoms with Crippen molar-refractivity contribution in [1.29, 1.82) is 0 Å². The highest BCUT2D eigenvalue weighted by Crippen LogP contribution is 2.12. The Morgan fingerprint density at radius 2 is 2.39 bits per heavy atom. The van der Waals surface area contributed by atoms with Gasteiger partial charge in [0.1, 0.15) is 18.2 Å². The number of hydrogen-bond donors (Lipinski definition) is 2. The van der Waals surface area contributed by atoms with Gasteiger partial charge >= 0.3 is 11.6 Å². The van der Waals surface area contributed by atoms with E-state index in [0.29, 0.717) is 5.76 Å². The second-order valence-corrected chi connectivity index (χ2v) is 3.39. The number of carbonyl (C=O) groups excluding carboxylic acids is 1. The zero-order valence-electron chi connectivity index (χ0n) is 9.07. The van der Waals surface area contributed by atoms with Crippen molar-refractivity contribution in [3.8, 4) is 0 Å². The Morgan fingerprint density at radius 1 is 1.61 bits per heavy atom. The molecular formula is C9H9N5O4. The van der Waals surface area contributed by atoms with Crippen LogP contribution in [0.5, 0.6) is 0 Å². The van der Waals surface area contributed by atoms with Crippen LogP contribution in [0.25, 0.3) is 0 Å². The molecule has 0 aromatic carbocycles. The summed E-state index contributed by atoms with van der Waals surface area (Å²) in [6.45, 7) is 0.186. The predicted octanol–water partition coefficient (Wildman–Crippen LogP) is 0.0361. The molecule has 2 aromatic rings. The van der Waals surface area contributed by atoms with Crippen molar-refractivity contribution in [1.82, 2.24) is 15.2 Å². The van der Waals surface area contributed by atoms with Gasteiger partial charge in [0.15, 0.2) is 5.76 Å². The molecule has 18 heavy (non-hydrogen) atoms. The molecule has 9 nitrogen and oxygen atoms in total. The second-order valence-electron chi connectivity index (χ2n) is 3.39. The molecule has 9 heteroatoms. The lowest BCUT2D eigenvalue weighted by Crippen LogP contribution is -2.29. The molecule has 0 aliphatic heterocycles. The SMILES string of the molecule is NNC(=O)c1ccc(Cn2cc([N+](=O)[O-])cn2)o1. The molecule has 0 spiro atoms. The van der Waals surface area contributed by atoms with Crippen molar-refractivity contribution in [2.24, 2.45) is 5.84 Å². The van der Waals surface area contributed by atoms with Gasteiger partial charge in [-0.1, -0.05) is 0 Å². The van der Waals surface area contributed by atoms with Gasteiger partial charge in [0, 0.05) is 0 Å². The van der Waals surface area contributed by atoms with Gasteiger partial charge in [0.2, 0.25) is 0 Å². The molecule has 0 fully saturated rings. The fourth-order valence-corrected chi connectivity index (χ4v) is 1.35. The van der Waals surface area contributed by atoms with E-state index in [4.69, 9.17) is 10.3 Å². The van der Waals surface area contributed by atoms with Gasteiger partial charge in [0.05, 0.1) is 11.5 Å². The minimum atomic E-state index is -0.548. The summed E-state index contributed by atoms with van der Waals surface area (Å²) in [6.07, 6.45) is 2.40. The summed E-state index contributed by atoms with van der Waals surface area (Å²) in [4.78, 5) is 21.0. The Bertz CT molecular complexity index is 587. The molecule has 0 unspecified atom stereocenters. The third kappa shape index (κ3) is 2.35. The average Bonchev–Trinajstić information content (AvgIpc) is 2.98.